The van der Waals surface area contributed by atoms with Gasteiger partial charge in [0.05, 0.1) is 16.7 Å². The summed E-state index contributed by atoms with van der Waals surface area (Å²) in [5.74, 6) is 0. The molecule has 0 spiro atoms. The average molecular weight is 1160 g/mol. The van der Waals surface area contributed by atoms with Gasteiger partial charge in [0.1, 0.15) is 0 Å². The summed E-state index contributed by atoms with van der Waals surface area (Å²) in [4.78, 5) is 5.49. The van der Waals surface area contributed by atoms with Crippen LogP contribution < -0.4 is 67.7 Å². The fraction of sp³-hybridized carbons (Fsp3) is 0.122. The number of aromatic nitrogens is 1. The van der Waals surface area contributed by atoms with Crippen molar-refractivity contribution in [3.05, 3.63) is 308 Å². The summed E-state index contributed by atoms with van der Waals surface area (Å²) in [6.07, 6.45) is 4.72. The average Bonchev–Trinajstić information content (AvgIpc) is 1.67. The molecule has 0 bridgehead atoms. The highest BCUT2D eigenvalue weighted by Crippen LogP contribution is 2.62. The van der Waals surface area contributed by atoms with Gasteiger partial charge in [-0.15, -0.1) is 0 Å². The van der Waals surface area contributed by atoms with Crippen LogP contribution >= 0.6 is 0 Å². The minimum Gasteiger partial charge on any atom is -0.335 e. The van der Waals surface area contributed by atoms with Gasteiger partial charge in [0, 0.05) is 50.1 Å². The van der Waals surface area contributed by atoms with Crippen LogP contribution in [-0.2, 0) is 5.41 Å². The minimum absolute atomic E-state index is 0.0586. The maximum atomic E-state index is 2.91. The second kappa shape index (κ2) is 20.0. The first-order valence-corrected chi connectivity index (χ1v) is 35.7. The topological polar surface area (TPSA) is 11.4 Å². The number of hydrogen-bond acceptors (Lipinski definition) is 2. The number of nitrogens with zero attached hydrogens (tertiary/aromatic N) is 3. The highest BCUT2D eigenvalue weighted by Gasteiger charge is 2.61. The molecular weight excluding hydrogens is 1090 g/mol. The Labute approximate surface area is 520 Å². The summed E-state index contributed by atoms with van der Waals surface area (Å²) in [6.45, 7) is 9.72. The zero-order chi connectivity index (χ0) is 58.9. The van der Waals surface area contributed by atoms with Crippen LogP contribution in [0.3, 0.4) is 0 Å². The Morgan fingerprint density at radius 2 is 0.852 bits per heavy atom. The number of aryl methyl sites for hydroxylation is 2. The van der Waals surface area contributed by atoms with Gasteiger partial charge in [-0.3, -0.25) is 0 Å². The Morgan fingerprint density at radius 1 is 0.398 bits per heavy atom. The first kappa shape index (κ1) is 52.8. The summed E-state index contributed by atoms with van der Waals surface area (Å²) in [7, 11) is -6.15. The maximum absolute atomic E-state index is 3.14. The Bertz CT molecular complexity index is 4640. The molecule has 1 saturated carbocycles. The van der Waals surface area contributed by atoms with E-state index in [-0.39, 0.29) is 17.7 Å². The van der Waals surface area contributed by atoms with E-state index in [1.807, 2.05) is 0 Å². The molecule has 88 heavy (non-hydrogen) atoms. The molecule has 422 valence electrons. The lowest BCUT2D eigenvalue weighted by Gasteiger charge is -2.52. The predicted molar refractivity (Wildman–Crippen MR) is 380 cm³/mol. The van der Waals surface area contributed by atoms with Gasteiger partial charge in [-0.05, 0) is 139 Å². The van der Waals surface area contributed by atoms with Crippen molar-refractivity contribution in [3.63, 3.8) is 0 Å². The summed E-state index contributed by atoms with van der Waals surface area (Å²) in [6, 6.07) is 113. The van der Waals surface area contributed by atoms with Crippen molar-refractivity contribution >= 4 is 131 Å². The second-order valence-electron chi connectivity index (χ2n) is 25.9. The molecule has 1 aromatic heterocycles. The van der Waals surface area contributed by atoms with Crippen LogP contribution in [0.1, 0.15) is 56.2 Å². The number of fused-ring (bicyclic) bond motifs is 10. The molecule has 0 amide bonds. The van der Waals surface area contributed by atoms with Crippen LogP contribution in [0.15, 0.2) is 291 Å². The standard InChI is InChI=1S/C82H68BN3Si2/c1-57-30-23-25-46-73(57)84(74-47-26-24-31-58(74)2)59-52-76-78-77(53-59)86-80-70(81(3)50-27-28-51-82(81,86)4)44-29-45-71(80)83(78)72-56-67(88(63-38-17-8-18-39-63,64-40-19-9-20-41-64)65-42-21-10-22-43-65)55-69-68-54-66(48-49-75(68)85(76)79(69)72)87(60-32-11-5-12-33-60,61-34-13-6-14-35-61)62-36-15-7-16-37-62/h5-26,29-49,52-56H,27-28,50-51H2,1-4H3. The number of anilines is 5. The van der Waals surface area contributed by atoms with E-state index in [4.69, 9.17) is 0 Å². The van der Waals surface area contributed by atoms with Crippen LogP contribution in [0.5, 0.6) is 0 Å². The lowest BCUT2D eigenvalue weighted by Crippen LogP contribution is -2.75. The van der Waals surface area contributed by atoms with Gasteiger partial charge in [-0.25, -0.2) is 0 Å². The third-order valence-electron chi connectivity index (χ3n) is 21.6. The monoisotopic (exact) mass is 1160 g/mol. The van der Waals surface area contributed by atoms with E-state index in [0.717, 1.165) is 12.8 Å². The van der Waals surface area contributed by atoms with Crippen molar-refractivity contribution < 1.29 is 0 Å². The Hall–Kier alpha value is -9.46. The number of para-hydroxylation sites is 3. The van der Waals surface area contributed by atoms with Crippen LogP contribution in [0.2, 0.25) is 0 Å². The largest absolute Gasteiger partial charge is 0.335 e. The molecule has 0 saturated heterocycles. The Balaban J connectivity index is 1.08. The van der Waals surface area contributed by atoms with Crippen molar-refractivity contribution in [2.24, 2.45) is 0 Å². The van der Waals surface area contributed by atoms with Crippen LogP contribution in [-0.4, -0.2) is 33.0 Å². The molecule has 2 atom stereocenters. The molecule has 6 heteroatoms. The van der Waals surface area contributed by atoms with Crippen molar-refractivity contribution in [1.29, 1.82) is 0 Å². The van der Waals surface area contributed by atoms with E-state index in [9.17, 15) is 0 Å². The van der Waals surface area contributed by atoms with Crippen molar-refractivity contribution in [3.8, 4) is 5.69 Å². The molecule has 1 aliphatic carbocycles. The first-order valence-electron chi connectivity index (χ1n) is 31.7. The molecule has 2 unspecified atom stereocenters. The van der Waals surface area contributed by atoms with Crippen molar-refractivity contribution in [1.82, 2.24) is 4.57 Å². The van der Waals surface area contributed by atoms with Gasteiger partial charge >= 0.3 is 0 Å². The quantitative estimate of drug-likeness (QED) is 0.0945. The molecule has 17 rings (SSSR count). The highest BCUT2D eigenvalue weighted by molar-refractivity contribution is 7.21. The fourth-order valence-corrected chi connectivity index (χ4v) is 27.1. The summed E-state index contributed by atoms with van der Waals surface area (Å²) >= 11 is 0. The fourth-order valence-electron chi connectivity index (χ4n) is 17.5. The third kappa shape index (κ3) is 7.24. The zero-order valence-electron chi connectivity index (χ0n) is 50.5. The normalized spacial score (nSPS) is 17.2. The molecule has 0 N–H and O–H groups in total. The maximum Gasteiger partial charge on any atom is 0.252 e. The van der Waals surface area contributed by atoms with E-state index in [1.165, 1.54) is 143 Å². The van der Waals surface area contributed by atoms with E-state index in [2.05, 4.69) is 333 Å². The van der Waals surface area contributed by atoms with Crippen LogP contribution in [0.25, 0.3) is 27.5 Å². The van der Waals surface area contributed by atoms with Gasteiger partial charge in [0.2, 0.25) is 0 Å². The van der Waals surface area contributed by atoms with Crippen LogP contribution in [0, 0.1) is 13.8 Å². The molecule has 12 aromatic carbocycles. The van der Waals surface area contributed by atoms with E-state index < -0.39 is 16.1 Å². The summed E-state index contributed by atoms with van der Waals surface area (Å²) in [5.41, 5.74) is 18.1. The molecule has 4 heterocycles. The van der Waals surface area contributed by atoms with Crippen molar-refractivity contribution in [2.75, 3.05) is 9.80 Å². The van der Waals surface area contributed by atoms with Gasteiger partial charge in [-0.2, -0.15) is 0 Å². The van der Waals surface area contributed by atoms with E-state index in [1.54, 1.807) is 0 Å². The minimum atomic E-state index is -3.14. The van der Waals surface area contributed by atoms with Gasteiger partial charge in [-0.1, -0.05) is 281 Å². The Kier molecular flexibility index (Phi) is 12.0. The zero-order valence-corrected chi connectivity index (χ0v) is 52.5. The molecule has 1 fully saturated rings. The van der Waals surface area contributed by atoms with Crippen molar-refractivity contribution in [2.45, 2.75) is 64.3 Å². The molecule has 0 radical (unpaired) electrons. The molecule has 3 aliphatic heterocycles. The van der Waals surface area contributed by atoms with Crippen LogP contribution in [0.4, 0.5) is 28.4 Å². The highest BCUT2D eigenvalue weighted by atomic mass is 28.3. The number of benzene rings is 12. The summed E-state index contributed by atoms with van der Waals surface area (Å²) < 4.78 is 2.75. The smallest absolute Gasteiger partial charge is 0.252 e. The van der Waals surface area contributed by atoms with Gasteiger partial charge in [0.25, 0.3) is 6.71 Å². The lowest BCUT2D eigenvalue weighted by atomic mass is 9.33. The van der Waals surface area contributed by atoms with E-state index in [0.29, 0.717) is 0 Å². The molecule has 3 nitrogen and oxygen atoms in total. The van der Waals surface area contributed by atoms with E-state index >= 15 is 0 Å². The summed E-state index contributed by atoms with van der Waals surface area (Å²) in [5, 5.41) is 13.6. The number of hydrogen-bond donors (Lipinski definition) is 0. The molecule has 4 aliphatic rings. The van der Waals surface area contributed by atoms with Gasteiger partial charge in [0.15, 0.2) is 16.1 Å². The number of rotatable bonds is 11. The SMILES string of the molecule is Cc1ccccc1N(c1cc2c3c(c1)-n1c4ccc([Si](c5ccccc5)(c5ccccc5)c5ccccc5)cc4c4cc([Si](c5ccccc5)(c5ccccc5)c5ccccc5)cc(c41)B3c1cccc3c1N2C1(C)CCCCC31C)c1ccccc1C. The lowest BCUT2D eigenvalue weighted by molar-refractivity contribution is 0.195. The third-order valence-corrected chi connectivity index (χ3v) is 31.2. The second-order valence-corrected chi connectivity index (χ2v) is 33.5. The molecule has 13 aromatic rings. The Morgan fingerprint density at radius 3 is 1.36 bits per heavy atom. The predicted octanol–water partition coefficient (Wildman–Crippen LogP) is 12.5. The molecular formula is C82H68BN3Si2. The van der Waals surface area contributed by atoms with Gasteiger partial charge < -0.3 is 14.4 Å². The first-order chi connectivity index (χ1) is 43.2.